The highest BCUT2D eigenvalue weighted by Crippen LogP contribution is 2.22. The number of aryl methyl sites for hydroxylation is 1. The quantitative estimate of drug-likeness (QED) is 0.766. The summed E-state index contributed by atoms with van der Waals surface area (Å²) in [7, 11) is 0. The van der Waals surface area contributed by atoms with Crippen molar-refractivity contribution in [2.45, 2.75) is 13.5 Å². The molecule has 0 bridgehead atoms. The Morgan fingerprint density at radius 2 is 2.16 bits per heavy atom. The van der Waals surface area contributed by atoms with Gasteiger partial charge in [0.05, 0.1) is 12.1 Å². The third-order valence-corrected chi connectivity index (χ3v) is 3.24. The molecule has 0 amide bonds. The van der Waals surface area contributed by atoms with Gasteiger partial charge < -0.3 is 10.3 Å². The Hall–Kier alpha value is -2.43. The number of benzene rings is 1. The fourth-order valence-electron chi connectivity index (χ4n) is 2.13. The van der Waals surface area contributed by atoms with Crippen LogP contribution in [0.15, 0.2) is 36.7 Å². The number of hydrogen-bond acceptors (Lipinski definition) is 3. The van der Waals surface area contributed by atoms with E-state index < -0.39 is 0 Å². The lowest BCUT2D eigenvalue weighted by molar-refractivity contribution is 0.637. The van der Waals surface area contributed by atoms with Crippen LogP contribution in [0.25, 0.3) is 11.0 Å². The topological polar surface area (TPSA) is 56.7 Å². The average Bonchev–Trinajstić information content (AvgIpc) is 2.71. The molecule has 0 unspecified atom stereocenters. The molecule has 5 heteroatoms. The molecule has 0 radical (unpaired) electrons. The van der Waals surface area contributed by atoms with Crippen molar-refractivity contribution < 1.29 is 4.39 Å². The van der Waals surface area contributed by atoms with Crippen LogP contribution in [0.1, 0.15) is 11.1 Å². The van der Waals surface area contributed by atoms with Crippen molar-refractivity contribution in [1.29, 1.82) is 0 Å². The van der Waals surface area contributed by atoms with E-state index in [1.807, 2.05) is 19.1 Å². The molecule has 4 nitrogen and oxygen atoms in total. The minimum Gasteiger partial charge on any atom is -0.369 e. The van der Waals surface area contributed by atoms with E-state index in [-0.39, 0.29) is 5.82 Å². The highest BCUT2D eigenvalue weighted by atomic mass is 19.1. The third kappa shape index (κ3) is 1.93. The smallest absolute Gasteiger partial charge is 0.201 e. The lowest BCUT2D eigenvalue weighted by atomic mass is 10.1. The second kappa shape index (κ2) is 4.35. The van der Waals surface area contributed by atoms with Crippen LogP contribution in [-0.2, 0) is 6.54 Å². The fraction of sp³-hybridized carbons (Fsp3) is 0.143. The minimum absolute atomic E-state index is 0.307. The molecule has 0 atom stereocenters. The second-order valence-corrected chi connectivity index (χ2v) is 4.47. The summed E-state index contributed by atoms with van der Waals surface area (Å²) in [6, 6.07) is 6.79. The van der Waals surface area contributed by atoms with E-state index in [1.54, 1.807) is 23.0 Å². The number of aromatic nitrogens is 3. The van der Waals surface area contributed by atoms with E-state index in [2.05, 4.69) is 9.97 Å². The van der Waals surface area contributed by atoms with Crippen LogP contribution < -0.4 is 5.73 Å². The van der Waals surface area contributed by atoms with E-state index in [1.165, 1.54) is 6.07 Å². The molecular formula is C14H13FN4. The van der Waals surface area contributed by atoms with Crippen molar-refractivity contribution in [3.8, 4) is 0 Å². The summed E-state index contributed by atoms with van der Waals surface area (Å²) in [5.41, 5.74) is 9.04. The van der Waals surface area contributed by atoms with E-state index in [0.717, 1.165) is 11.1 Å². The molecule has 2 aromatic heterocycles. The van der Waals surface area contributed by atoms with Gasteiger partial charge in [0.2, 0.25) is 5.95 Å². The number of para-hydroxylation sites is 1. The number of nitrogens with zero attached hydrogens (tertiary/aromatic N) is 3. The van der Waals surface area contributed by atoms with Gasteiger partial charge in [-0.3, -0.25) is 4.98 Å². The Bertz CT molecular complexity index is 748. The fourth-order valence-corrected chi connectivity index (χ4v) is 2.13. The number of imidazole rings is 1. The van der Waals surface area contributed by atoms with Gasteiger partial charge in [-0.05, 0) is 36.2 Å². The Morgan fingerprint density at radius 3 is 2.95 bits per heavy atom. The Kier molecular flexibility index (Phi) is 2.67. The molecule has 2 heterocycles. The number of hydrogen-bond donors (Lipinski definition) is 1. The lowest BCUT2D eigenvalue weighted by Gasteiger charge is -2.08. The maximum Gasteiger partial charge on any atom is 0.201 e. The van der Waals surface area contributed by atoms with Crippen molar-refractivity contribution >= 4 is 17.0 Å². The number of anilines is 1. The number of pyridine rings is 1. The van der Waals surface area contributed by atoms with Gasteiger partial charge in [0.1, 0.15) is 5.52 Å². The van der Waals surface area contributed by atoms with Gasteiger partial charge in [-0.1, -0.05) is 6.07 Å². The number of halogens is 1. The van der Waals surface area contributed by atoms with E-state index in [0.29, 0.717) is 23.5 Å². The summed E-state index contributed by atoms with van der Waals surface area (Å²) in [6.07, 6.45) is 3.54. The normalized spacial score (nSPS) is 11.1. The molecule has 0 aliphatic heterocycles. The van der Waals surface area contributed by atoms with Crippen molar-refractivity contribution in [3.05, 3.63) is 53.6 Å². The standard InChI is InChI=1S/C14H13FN4/c1-9-5-6-17-7-10(9)8-19-12-4-2-3-11(15)13(12)18-14(19)16/h2-7H,8H2,1H3,(H2,16,18). The summed E-state index contributed by atoms with van der Waals surface area (Å²) >= 11 is 0. The summed E-state index contributed by atoms with van der Waals surface area (Å²) in [5, 5.41) is 0. The first-order valence-electron chi connectivity index (χ1n) is 5.96. The van der Waals surface area contributed by atoms with Gasteiger partial charge in [0, 0.05) is 12.4 Å². The van der Waals surface area contributed by atoms with Crippen LogP contribution in [0.3, 0.4) is 0 Å². The zero-order valence-corrected chi connectivity index (χ0v) is 10.5. The summed E-state index contributed by atoms with van der Waals surface area (Å²) in [5.74, 6) is -0.0470. The molecule has 0 spiro atoms. The first-order chi connectivity index (χ1) is 9.16. The van der Waals surface area contributed by atoms with Crippen LogP contribution in [-0.4, -0.2) is 14.5 Å². The third-order valence-electron chi connectivity index (χ3n) is 3.24. The van der Waals surface area contributed by atoms with E-state index in [9.17, 15) is 4.39 Å². The zero-order valence-electron chi connectivity index (χ0n) is 10.5. The molecular weight excluding hydrogens is 243 g/mol. The zero-order chi connectivity index (χ0) is 13.4. The monoisotopic (exact) mass is 256 g/mol. The molecule has 0 aliphatic carbocycles. The van der Waals surface area contributed by atoms with Crippen LogP contribution in [0.5, 0.6) is 0 Å². The molecule has 0 saturated carbocycles. The van der Waals surface area contributed by atoms with Crippen molar-refractivity contribution in [2.24, 2.45) is 0 Å². The molecule has 1 aromatic carbocycles. The average molecular weight is 256 g/mol. The molecule has 0 saturated heterocycles. The Balaban J connectivity index is 2.13. The predicted molar refractivity (Wildman–Crippen MR) is 72.2 cm³/mol. The second-order valence-electron chi connectivity index (χ2n) is 4.47. The maximum atomic E-state index is 13.7. The number of fused-ring (bicyclic) bond motifs is 1. The summed E-state index contributed by atoms with van der Waals surface area (Å²) in [6.45, 7) is 2.54. The van der Waals surface area contributed by atoms with E-state index >= 15 is 0 Å². The van der Waals surface area contributed by atoms with Gasteiger partial charge in [0.15, 0.2) is 5.82 Å². The van der Waals surface area contributed by atoms with Gasteiger partial charge in [-0.15, -0.1) is 0 Å². The molecule has 96 valence electrons. The first-order valence-corrected chi connectivity index (χ1v) is 5.96. The summed E-state index contributed by atoms with van der Waals surface area (Å²) < 4.78 is 15.4. The lowest BCUT2D eigenvalue weighted by Crippen LogP contribution is -2.06. The molecule has 3 aromatic rings. The van der Waals surface area contributed by atoms with Crippen LogP contribution in [0.4, 0.5) is 10.3 Å². The largest absolute Gasteiger partial charge is 0.369 e. The number of rotatable bonds is 2. The van der Waals surface area contributed by atoms with Gasteiger partial charge in [-0.2, -0.15) is 0 Å². The van der Waals surface area contributed by atoms with E-state index in [4.69, 9.17) is 5.73 Å². The molecule has 3 rings (SSSR count). The SMILES string of the molecule is Cc1ccncc1Cn1c(N)nc2c(F)cccc21. The first kappa shape index (κ1) is 11.6. The van der Waals surface area contributed by atoms with Crippen LogP contribution in [0, 0.1) is 12.7 Å². The highest BCUT2D eigenvalue weighted by Gasteiger charge is 2.12. The van der Waals surface area contributed by atoms with Crippen LogP contribution >= 0.6 is 0 Å². The molecule has 19 heavy (non-hydrogen) atoms. The van der Waals surface area contributed by atoms with Gasteiger partial charge in [0.25, 0.3) is 0 Å². The predicted octanol–water partition coefficient (Wildman–Crippen LogP) is 2.51. The molecule has 2 N–H and O–H groups in total. The van der Waals surface area contributed by atoms with Crippen molar-refractivity contribution in [2.75, 3.05) is 5.73 Å². The van der Waals surface area contributed by atoms with Gasteiger partial charge >= 0.3 is 0 Å². The summed E-state index contributed by atoms with van der Waals surface area (Å²) in [4.78, 5) is 8.19. The molecule has 0 aliphatic rings. The minimum atomic E-state index is -0.356. The van der Waals surface area contributed by atoms with Gasteiger partial charge in [-0.25, -0.2) is 9.37 Å². The number of nitrogen functional groups attached to an aromatic ring is 1. The highest BCUT2D eigenvalue weighted by molar-refractivity contribution is 5.79. The Morgan fingerprint density at radius 1 is 1.32 bits per heavy atom. The Labute approximate surface area is 109 Å². The van der Waals surface area contributed by atoms with Crippen molar-refractivity contribution in [3.63, 3.8) is 0 Å². The number of nitrogens with two attached hydrogens (primary N) is 1. The van der Waals surface area contributed by atoms with Crippen molar-refractivity contribution in [1.82, 2.24) is 14.5 Å². The maximum absolute atomic E-state index is 13.7. The van der Waals surface area contributed by atoms with Crippen LogP contribution in [0.2, 0.25) is 0 Å². The molecule has 0 fully saturated rings.